The van der Waals surface area contributed by atoms with E-state index in [0.717, 1.165) is 116 Å². The van der Waals surface area contributed by atoms with Crippen LogP contribution in [0.25, 0.3) is 6.08 Å². The lowest BCUT2D eigenvalue weighted by Gasteiger charge is -2.22. The third-order valence-corrected chi connectivity index (χ3v) is 9.11. The molecular weight excluding hydrogens is 680 g/mol. The standard InChI is InChI=1S/C46H74O8/c1-8-14-20-28-49-38-34-37(44(40(35-38)48-7)52-31-23-17-11-4)26-27-39(47)43-45(53-32-24-18-12-5)41(50-29-21-15-9-2)36-42(51-30-22-16-10-3)46(43)54-33-25-19-13-6/h26-27,34-36H,8-25,28-33H2,1-7H3. The van der Waals surface area contributed by atoms with Crippen LogP contribution >= 0.6 is 0 Å². The van der Waals surface area contributed by atoms with Gasteiger partial charge in [0.1, 0.15) is 11.3 Å². The highest BCUT2D eigenvalue weighted by Crippen LogP contribution is 2.46. The molecule has 0 spiro atoms. The summed E-state index contributed by atoms with van der Waals surface area (Å²) in [5, 5.41) is 0. The second-order valence-corrected chi connectivity index (χ2v) is 14.0. The van der Waals surface area contributed by atoms with Gasteiger partial charge in [0.2, 0.25) is 0 Å². The van der Waals surface area contributed by atoms with Gasteiger partial charge in [-0.1, -0.05) is 119 Å². The molecule has 2 aromatic rings. The number of hydrogen-bond donors (Lipinski definition) is 0. The Kier molecular flexibility index (Phi) is 25.7. The van der Waals surface area contributed by atoms with E-state index in [-0.39, 0.29) is 5.78 Å². The topological polar surface area (TPSA) is 81.7 Å². The third kappa shape index (κ3) is 17.3. The number of allylic oxidation sites excluding steroid dienone is 1. The average Bonchev–Trinajstić information content (AvgIpc) is 3.18. The average molecular weight is 755 g/mol. The summed E-state index contributed by atoms with van der Waals surface area (Å²) in [5.41, 5.74) is 1.02. The van der Waals surface area contributed by atoms with E-state index in [1.165, 1.54) is 0 Å². The zero-order chi connectivity index (χ0) is 39.2. The fraction of sp³-hybridized carbons (Fsp3) is 0.674. The van der Waals surface area contributed by atoms with E-state index in [2.05, 4.69) is 41.5 Å². The van der Waals surface area contributed by atoms with Crippen LogP contribution in [0.15, 0.2) is 24.3 Å². The van der Waals surface area contributed by atoms with Gasteiger partial charge in [0.25, 0.3) is 0 Å². The van der Waals surface area contributed by atoms with Crippen LogP contribution < -0.4 is 33.2 Å². The Balaban J connectivity index is 2.76. The SMILES string of the molecule is CCCCCOc1cc(C=CC(=O)c2c(OCCCCC)c(OCCCCC)cc(OCCCCC)c2OCCCCC)c(OCCCCC)c(OC)c1. The number of unbranched alkanes of at least 4 members (excludes halogenated alkanes) is 12. The van der Waals surface area contributed by atoms with Crippen molar-refractivity contribution in [3.63, 3.8) is 0 Å². The summed E-state index contributed by atoms with van der Waals surface area (Å²) in [6.45, 7) is 16.1. The fourth-order valence-corrected chi connectivity index (χ4v) is 5.87. The van der Waals surface area contributed by atoms with Gasteiger partial charge in [0.15, 0.2) is 40.3 Å². The Morgan fingerprint density at radius 1 is 0.463 bits per heavy atom. The maximum Gasteiger partial charge on any atom is 0.193 e. The maximum atomic E-state index is 14.7. The minimum atomic E-state index is -0.270. The molecule has 8 heteroatoms. The van der Waals surface area contributed by atoms with Crippen molar-refractivity contribution in [2.24, 2.45) is 0 Å². The Labute approximate surface area is 328 Å². The number of carbonyl (C=O) groups excluding carboxylic acids is 1. The van der Waals surface area contributed by atoms with Crippen LogP contribution in [0.4, 0.5) is 0 Å². The first-order valence-corrected chi connectivity index (χ1v) is 21.4. The molecule has 2 rings (SSSR count). The summed E-state index contributed by atoms with van der Waals surface area (Å²) in [6, 6.07) is 5.66. The lowest BCUT2D eigenvalue weighted by Crippen LogP contribution is -2.12. The number of benzene rings is 2. The van der Waals surface area contributed by atoms with E-state index < -0.39 is 0 Å². The fourth-order valence-electron chi connectivity index (χ4n) is 5.87. The van der Waals surface area contributed by atoms with Gasteiger partial charge >= 0.3 is 0 Å². The molecule has 0 bridgehead atoms. The number of methoxy groups -OCH3 is 1. The Morgan fingerprint density at radius 2 is 0.852 bits per heavy atom. The Hall–Kier alpha value is -3.55. The van der Waals surface area contributed by atoms with Crippen molar-refractivity contribution in [2.45, 2.75) is 157 Å². The maximum absolute atomic E-state index is 14.7. The zero-order valence-corrected chi connectivity index (χ0v) is 35.1. The molecule has 306 valence electrons. The first-order chi connectivity index (χ1) is 26.5. The molecule has 0 radical (unpaired) electrons. The molecule has 0 atom stereocenters. The van der Waals surface area contributed by atoms with Crippen LogP contribution in [0.5, 0.6) is 40.2 Å². The van der Waals surface area contributed by atoms with Gasteiger partial charge in [-0.3, -0.25) is 4.79 Å². The molecule has 0 fully saturated rings. The van der Waals surface area contributed by atoms with Crippen molar-refractivity contribution < 1.29 is 38.0 Å². The molecule has 0 aliphatic heterocycles. The van der Waals surface area contributed by atoms with Gasteiger partial charge in [0, 0.05) is 17.7 Å². The molecule has 0 saturated carbocycles. The van der Waals surface area contributed by atoms with E-state index in [0.29, 0.717) is 91.0 Å². The van der Waals surface area contributed by atoms with E-state index in [9.17, 15) is 4.79 Å². The van der Waals surface area contributed by atoms with Gasteiger partial charge in [-0.2, -0.15) is 0 Å². The monoisotopic (exact) mass is 755 g/mol. The largest absolute Gasteiger partial charge is 0.493 e. The quantitative estimate of drug-likeness (QED) is 0.0397. The summed E-state index contributed by atoms with van der Waals surface area (Å²) < 4.78 is 44.1. The van der Waals surface area contributed by atoms with Crippen LogP contribution in [-0.4, -0.2) is 52.5 Å². The summed E-state index contributed by atoms with van der Waals surface area (Å²) >= 11 is 0. The normalized spacial score (nSPS) is 11.2. The molecule has 0 aliphatic carbocycles. The van der Waals surface area contributed by atoms with Crippen LogP contribution in [0.1, 0.15) is 173 Å². The minimum absolute atomic E-state index is 0.270. The number of carbonyl (C=O) groups is 1. The van der Waals surface area contributed by atoms with Crippen LogP contribution in [0, 0.1) is 0 Å². The van der Waals surface area contributed by atoms with E-state index >= 15 is 0 Å². The van der Waals surface area contributed by atoms with Crippen LogP contribution in [0.3, 0.4) is 0 Å². The molecule has 8 nitrogen and oxygen atoms in total. The lowest BCUT2D eigenvalue weighted by atomic mass is 10.0. The van der Waals surface area contributed by atoms with Crippen molar-refractivity contribution in [2.75, 3.05) is 46.8 Å². The van der Waals surface area contributed by atoms with Gasteiger partial charge < -0.3 is 33.2 Å². The molecule has 0 amide bonds. The summed E-state index contributed by atoms with van der Waals surface area (Å²) in [4.78, 5) is 14.7. The third-order valence-electron chi connectivity index (χ3n) is 9.11. The van der Waals surface area contributed by atoms with E-state index in [1.54, 1.807) is 19.3 Å². The van der Waals surface area contributed by atoms with Crippen LogP contribution in [0.2, 0.25) is 0 Å². The molecule has 2 aromatic carbocycles. The number of rotatable bonds is 34. The van der Waals surface area contributed by atoms with E-state index in [4.69, 9.17) is 33.2 Å². The zero-order valence-electron chi connectivity index (χ0n) is 35.1. The molecule has 0 aromatic heterocycles. The molecule has 0 aliphatic rings. The van der Waals surface area contributed by atoms with E-state index in [1.807, 2.05) is 18.2 Å². The van der Waals surface area contributed by atoms with Crippen molar-refractivity contribution in [1.82, 2.24) is 0 Å². The summed E-state index contributed by atoms with van der Waals surface area (Å²) in [6.07, 6.45) is 21.5. The van der Waals surface area contributed by atoms with Crippen molar-refractivity contribution >= 4 is 11.9 Å². The van der Waals surface area contributed by atoms with Gasteiger partial charge in [-0.15, -0.1) is 0 Å². The molecule has 0 N–H and O–H groups in total. The molecule has 0 saturated heterocycles. The lowest BCUT2D eigenvalue weighted by molar-refractivity contribution is 0.103. The second kappa shape index (κ2) is 29.8. The smallest absolute Gasteiger partial charge is 0.193 e. The van der Waals surface area contributed by atoms with Gasteiger partial charge in [0.05, 0.1) is 46.8 Å². The van der Waals surface area contributed by atoms with Gasteiger partial charge in [-0.05, 0) is 56.7 Å². The molecular formula is C46H74O8. The van der Waals surface area contributed by atoms with Gasteiger partial charge in [-0.25, -0.2) is 0 Å². The summed E-state index contributed by atoms with van der Waals surface area (Å²) in [7, 11) is 1.63. The van der Waals surface area contributed by atoms with Crippen molar-refractivity contribution in [1.29, 1.82) is 0 Å². The van der Waals surface area contributed by atoms with Crippen molar-refractivity contribution in [3.05, 3.63) is 35.4 Å². The highest BCUT2D eigenvalue weighted by molar-refractivity contribution is 6.12. The Morgan fingerprint density at radius 3 is 1.26 bits per heavy atom. The minimum Gasteiger partial charge on any atom is -0.493 e. The second-order valence-electron chi connectivity index (χ2n) is 14.0. The Bertz CT molecular complexity index is 1270. The molecule has 0 heterocycles. The summed E-state index contributed by atoms with van der Waals surface area (Å²) in [5.74, 6) is 3.38. The first kappa shape index (κ1) is 46.6. The number of ketones is 1. The highest BCUT2D eigenvalue weighted by Gasteiger charge is 2.28. The van der Waals surface area contributed by atoms with Crippen molar-refractivity contribution in [3.8, 4) is 40.2 Å². The highest BCUT2D eigenvalue weighted by atomic mass is 16.5. The number of ether oxygens (including phenoxy) is 7. The first-order valence-electron chi connectivity index (χ1n) is 21.4. The van der Waals surface area contributed by atoms with Crippen LogP contribution in [-0.2, 0) is 0 Å². The molecule has 0 unspecified atom stereocenters. The molecule has 54 heavy (non-hydrogen) atoms. The predicted molar refractivity (Wildman–Crippen MR) is 223 cm³/mol. The predicted octanol–water partition coefficient (Wildman–Crippen LogP) is 13.0. The number of hydrogen-bond acceptors (Lipinski definition) is 8.